The van der Waals surface area contributed by atoms with Gasteiger partial charge in [0, 0.05) is 0 Å². The van der Waals surface area contributed by atoms with Crippen LogP contribution in [0.25, 0.3) is 10.8 Å². The van der Waals surface area contributed by atoms with Gasteiger partial charge in [0.05, 0.1) is 11.4 Å². The van der Waals surface area contributed by atoms with E-state index in [2.05, 4.69) is 15.5 Å². The van der Waals surface area contributed by atoms with Gasteiger partial charge in [-0.2, -0.15) is 4.98 Å². The third-order valence-corrected chi connectivity index (χ3v) is 3.06. The van der Waals surface area contributed by atoms with Gasteiger partial charge in [-0.3, -0.25) is 0 Å². The summed E-state index contributed by atoms with van der Waals surface area (Å²) in [5.41, 5.74) is 1.18. The lowest BCUT2D eigenvalue weighted by Gasteiger charge is -1.92. The van der Waals surface area contributed by atoms with Gasteiger partial charge in [0.15, 0.2) is 5.82 Å². The van der Waals surface area contributed by atoms with Crippen molar-refractivity contribution < 1.29 is 4.52 Å². The zero-order valence-corrected chi connectivity index (χ0v) is 9.60. The van der Waals surface area contributed by atoms with Gasteiger partial charge in [0.2, 0.25) is 0 Å². The molecule has 0 unspecified atom stereocenters. The lowest BCUT2D eigenvalue weighted by molar-refractivity contribution is 0.420. The fourth-order valence-electron chi connectivity index (χ4n) is 1.25. The summed E-state index contributed by atoms with van der Waals surface area (Å²) in [6.07, 6.45) is 0. The van der Waals surface area contributed by atoms with E-state index in [0.29, 0.717) is 18.3 Å². The minimum atomic E-state index is 0.621. The first kappa shape index (κ1) is 10.3. The first-order valence-electron chi connectivity index (χ1n) is 4.89. The zero-order valence-electron chi connectivity index (χ0n) is 8.78. The zero-order chi connectivity index (χ0) is 10.7. The number of rotatable bonds is 4. The Balaban J connectivity index is 2.17. The summed E-state index contributed by atoms with van der Waals surface area (Å²) in [5, 5.41) is 9.09. The van der Waals surface area contributed by atoms with Crippen LogP contribution in [0.3, 0.4) is 0 Å². The van der Waals surface area contributed by atoms with Crippen LogP contribution >= 0.6 is 11.3 Å². The molecule has 1 N–H and O–H groups in total. The first-order chi connectivity index (χ1) is 7.31. The molecule has 0 radical (unpaired) electrons. The average molecular weight is 223 g/mol. The number of aromatic nitrogens is 2. The van der Waals surface area contributed by atoms with Gasteiger partial charge in [-0.1, -0.05) is 12.1 Å². The number of nitrogens with one attached hydrogen (secondary N) is 1. The van der Waals surface area contributed by atoms with Crippen molar-refractivity contribution in [2.24, 2.45) is 0 Å². The van der Waals surface area contributed by atoms with Crippen molar-refractivity contribution >= 4 is 11.3 Å². The van der Waals surface area contributed by atoms with Gasteiger partial charge in [0.1, 0.15) is 0 Å². The molecular weight excluding hydrogens is 210 g/mol. The van der Waals surface area contributed by atoms with E-state index in [1.807, 2.05) is 25.3 Å². The molecular formula is C10H13N3OS. The Morgan fingerprint density at radius 1 is 1.53 bits per heavy atom. The third kappa shape index (κ3) is 2.24. The Labute approximate surface area is 92.3 Å². The van der Waals surface area contributed by atoms with E-state index < -0.39 is 0 Å². The van der Waals surface area contributed by atoms with E-state index in [9.17, 15) is 0 Å². The highest BCUT2D eigenvalue weighted by Gasteiger charge is 2.11. The van der Waals surface area contributed by atoms with Crippen molar-refractivity contribution in [2.75, 3.05) is 6.54 Å². The Morgan fingerprint density at radius 2 is 2.40 bits per heavy atom. The Hall–Kier alpha value is -1.20. The lowest BCUT2D eigenvalue weighted by Crippen LogP contribution is -2.12. The Morgan fingerprint density at radius 3 is 3.07 bits per heavy atom. The highest BCUT2D eigenvalue weighted by atomic mass is 32.1. The minimum Gasteiger partial charge on any atom is -0.333 e. The summed E-state index contributed by atoms with van der Waals surface area (Å²) in [6.45, 7) is 5.65. The van der Waals surface area contributed by atoms with Gasteiger partial charge in [-0.05, 0) is 30.5 Å². The molecule has 2 aromatic rings. The average Bonchev–Trinajstić information content (AvgIpc) is 2.83. The van der Waals surface area contributed by atoms with Crippen molar-refractivity contribution in [1.29, 1.82) is 0 Å². The van der Waals surface area contributed by atoms with E-state index in [0.717, 1.165) is 11.4 Å². The fourth-order valence-corrected chi connectivity index (χ4v) is 2.09. The second kappa shape index (κ2) is 4.55. The molecule has 80 valence electrons. The van der Waals surface area contributed by atoms with E-state index in [1.165, 1.54) is 5.56 Å². The molecule has 2 heterocycles. The Kier molecular flexibility index (Phi) is 3.13. The number of aryl methyl sites for hydroxylation is 1. The molecule has 0 amide bonds. The van der Waals surface area contributed by atoms with E-state index in [1.54, 1.807) is 11.3 Å². The van der Waals surface area contributed by atoms with E-state index >= 15 is 0 Å². The molecule has 0 fully saturated rings. The summed E-state index contributed by atoms with van der Waals surface area (Å²) in [7, 11) is 0. The predicted molar refractivity (Wildman–Crippen MR) is 59.7 cm³/mol. The van der Waals surface area contributed by atoms with Crippen molar-refractivity contribution in [1.82, 2.24) is 15.5 Å². The molecule has 4 nitrogen and oxygen atoms in total. The fraction of sp³-hybridized carbons (Fsp3) is 0.400. The lowest BCUT2D eigenvalue weighted by atomic mass is 10.3. The predicted octanol–water partition coefficient (Wildman–Crippen LogP) is 2.22. The smallest absolute Gasteiger partial charge is 0.268 e. The summed E-state index contributed by atoms with van der Waals surface area (Å²) in [5.74, 6) is 1.33. The van der Waals surface area contributed by atoms with Gasteiger partial charge in [0.25, 0.3) is 5.89 Å². The van der Waals surface area contributed by atoms with Gasteiger partial charge >= 0.3 is 0 Å². The maximum absolute atomic E-state index is 5.20. The van der Waals surface area contributed by atoms with Crippen molar-refractivity contribution in [3.05, 3.63) is 22.8 Å². The van der Waals surface area contributed by atoms with Crippen LogP contribution in [0, 0.1) is 6.92 Å². The summed E-state index contributed by atoms with van der Waals surface area (Å²) in [4.78, 5) is 5.38. The molecule has 0 aliphatic heterocycles. The van der Waals surface area contributed by atoms with E-state index in [-0.39, 0.29) is 0 Å². The molecule has 15 heavy (non-hydrogen) atoms. The quantitative estimate of drug-likeness (QED) is 0.863. The standard InChI is InChI=1S/C10H13N3OS/c1-3-11-6-8-12-10(14-13-8)9-7(2)4-5-15-9/h4-5,11H,3,6H2,1-2H3. The summed E-state index contributed by atoms with van der Waals surface area (Å²) >= 11 is 1.62. The summed E-state index contributed by atoms with van der Waals surface area (Å²) in [6, 6.07) is 2.05. The van der Waals surface area contributed by atoms with Crippen molar-refractivity contribution in [3.8, 4) is 10.8 Å². The molecule has 0 aliphatic rings. The van der Waals surface area contributed by atoms with Crippen LogP contribution < -0.4 is 5.32 Å². The van der Waals surface area contributed by atoms with Crippen LogP contribution in [0.2, 0.25) is 0 Å². The number of nitrogens with zero attached hydrogens (tertiary/aromatic N) is 2. The van der Waals surface area contributed by atoms with Crippen LogP contribution in [-0.4, -0.2) is 16.7 Å². The first-order valence-corrected chi connectivity index (χ1v) is 5.77. The topological polar surface area (TPSA) is 51.0 Å². The molecule has 5 heteroatoms. The molecule has 0 aromatic carbocycles. The second-order valence-corrected chi connectivity index (χ2v) is 4.14. The SMILES string of the molecule is CCNCc1noc(-c2sccc2C)n1. The van der Waals surface area contributed by atoms with Crippen LogP contribution in [0.15, 0.2) is 16.0 Å². The maximum atomic E-state index is 5.20. The summed E-state index contributed by atoms with van der Waals surface area (Å²) < 4.78 is 5.20. The van der Waals surface area contributed by atoms with Crippen molar-refractivity contribution in [2.45, 2.75) is 20.4 Å². The molecule has 0 atom stereocenters. The largest absolute Gasteiger partial charge is 0.333 e. The second-order valence-electron chi connectivity index (χ2n) is 3.23. The molecule has 0 saturated heterocycles. The number of thiophene rings is 1. The minimum absolute atomic E-state index is 0.621. The molecule has 0 aliphatic carbocycles. The van der Waals surface area contributed by atoms with Crippen molar-refractivity contribution in [3.63, 3.8) is 0 Å². The molecule has 2 aromatic heterocycles. The van der Waals surface area contributed by atoms with Crippen LogP contribution in [-0.2, 0) is 6.54 Å². The normalized spacial score (nSPS) is 10.8. The van der Waals surface area contributed by atoms with Gasteiger partial charge < -0.3 is 9.84 Å². The van der Waals surface area contributed by atoms with Gasteiger partial charge in [-0.25, -0.2) is 0 Å². The third-order valence-electron chi connectivity index (χ3n) is 2.06. The molecule has 2 rings (SSSR count). The maximum Gasteiger partial charge on any atom is 0.268 e. The highest BCUT2D eigenvalue weighted by Crippen LogP contribution is 2.27. The highest BCUT2D eigenvalue weighted by molar-refractivity contribution is 7.13. The molecule has 0 spiro atoms. The monoisotopic (exact) mass is 223 g/mol. The van der Waals surface area contributed by atoms with Crippen LogP contribution in [0.4, 0.5) is 0 Å². The van der Waals surface area contributed by atoms with Gasteiger partial charge in [-0.15, -0.1) is 11.3 Å². The molecule has 0 saturated carbocycles. The van der Waals surface area contributed by atoms with E-state index in [4.69, 9.17) is 4.52 Å². The molecule has 0 bridgehead atoms. The van der Waals surface area contributed by atoms with Crippen LogP contribution in [0.1, 0.15) is 18.3 Å². The number of hydrogen-bond acceptors (Lipinski definition) is 5. The van der Waals surface area contributed by atoms with Crippen LogP contribution in [0.5, 0.6) is 0 Å². The number of hydrogen-bond donors (Lipinski definition) is 1. The Bertz CT molecular complexity index is 435.